The van der Waals surface area contributed by atoms with Crippen molar-refractivity contribution < 1.29 is 13.6 Å². The van der Waals surface area contributed by atoms with Crippen molar-refractivity contribution in [3.8, 4) is 11.4 Å². The second-order valence-electron chi connectivity index (χ2n) is 7.56. The Morgan fingerprint density at radius 2 is 2.03 bits per heavy atom. The van der Waals surface area contributed by atoms with Crippen molar-refractivity contribution in [2.45, 2.75) is 31.1 Å². The van der Waals surface area contributed by atoms with Gasteiger partial charge in [-0.25, -0.2) is 8.78 Å². The van der Waals surface area contributed by atoms with Crippen molar-refractivity contribution >= 4 is 27.5 Å². The molecule has 1 aromatic heterocycles. The molecule has 1 aliphatic rings. The van der Waals surface area contributed by atoms with E-state index in [1.165, 1.54) is 4.80 Å². The van der Waals surface area contributed by atoms with Gasteiger partial charge in [-0.3, -0.25) is 4.79 Å². The van der Waals surface area contributed by atoms with E-state index in [0.717, 1.165) is 10.0 Å². The Morgan fingerprint density at radius 1 is 1.27 bits per heavy atom. The van der Waals surface area contributed by atoms with E-state index in [2.05, 4.69) is 36.7 Å². The van der Waals surface area contributed by atoms with Crippen LogP contribution in [0.4, 0.5) is 14.5 Å². The number of rotatable bonds is 5. The number of carbonyl (C=O) groups is 1. The minimum absolute atomic E-state index is 0.195. The molecule has 0 bridgehead atoms. The highest BCUT2D eigenvalue weighted by atomic mass is 79.9. The zero-order valence-electron chi connectivity index (χ0n) is 16.2. The predicted octanol–water partition coefficient (Wildman–Crippen LogP) is 4.80. The first kappa shape index (κ1) is 20.6. The normalized spacial score (nSPS) is 18.9. The van der Waals surface area contributed by atoms with Crippen molar-refractivity contribution in [3.05, 3.63) is 58.6 Å². The van der Waals surface area contributed by atoms with Gasteiger partial charge in [-0.05, 0) is 41.3 Å². The number of halogens is 3. The van der Waals surface area contributed by atoms with Crippen LogP contribution in [0.15, 0.2) is 53.0 Å². The summed E-state index contributed by atoms with van der Waals surface area (Å²) in [5.74, 6) is -3.68. The highest BCUT2D eigenvalue weighted by Gasteiger charge is 2.45. The average molecular weight is 476 g/mol. The molecule has 0 spiro atoms. The molecule has 0 radical (unpaired) electrons. The van der Waals surface area contributed by atoms with Crippen LogP contribution in [0.3, 0.4) is 0 Å². The predicted molar refractivity (Wildman–Crippen MR) is 112 cm³/mol. The number of aryl methyl sites for hydroxylation is 1. The van der Waals surface area contributed by atoms with E-state index < -0.39 is 17.8 Å². The maximum absolute atomic E-state index is 13.9. The maximum Gasteiger partial charge on any atom is 0.248 e. The topological polar surface area (TPSA) is 72.7 Å². The lowest BCUT2D eigenvalue weighted by atomic mass is 9.83. The van der Waals surface area contributed by atoms with Gasteiger partial charge in [0.1, 0.15) is 0 Å². The number of hydrogen-bond donors (Lipinski definition) is 1. The van der Waals surface area contributed by atoms with Crippen LogP contribution < -0.4 is 5.32 Å². The van der Waals surface area contributed by atoms with E-state index >= 15 is 0 Å². The third kappa shape index (κ3) is 4.56. The highest BCUT2D eigenvalue weighted by Crippen LogP contribution is 2.46. The van der Waals surface area contributed by atoms with Crippen LogP contribution in [0, 0.1) is 5.92 Å². The van der Waals surface area contributed by atoms with Crippen molar-refractivity contribution in [1.29, 1.82) is 0 Å². The van der Waals surface area contributed by atoms with E-state index in [1.54, 1.807) is 49.5 Å². The summed E-state index contributed by atoms with van der Waals surface area (Å²) < 4.78 is 28.7. The lowest BCUT2D eigenvalue weighted by Crippen LogP contribution is -2.27. The zero-order valence-corrected chi connectivity index (χ0v) is 17.8. The quantitative estimate of drug-likeness (QED) is 0.575. The molecular formula is C21H20BrF2N5O. The molecule has 1 saturated carbocycles. The summed E-state index contributed by atoms with van der Waals surface area (Å²) >= 11 is 3.38. The molecule has 3 aromatic rings. The molecule has 6 nitrogen and oxygen atoms in total. The summed E-state index contributed by atoms with van der Waals surface area (Å²) in [5, 5.41) is 14.8. The molecule has 4 rings (SSSR count). The molecule has 1 heterocycles. The Bertz CT molecular complexity index is 1050. The van der Waals surface area contributed by atoms with Crippen LogP contribution in [0.2, 0.25) is 0 Å². The van der Waals surface area contributed by atoms with Gasteiger partial charge in [0, 0.05) is 28.6 Å². The van der Waals surface area contributed by atoms with Crippen molar-refractivity contribution in [1.82, 2.24) is 20.2 Å². The summed E-state index contributed by atoms with van der Waals surface area (Å²) in [4.78, 5) is 14.5. The highest BCUT2D eigenvalue weighted by molar-refractivity contribution is 9.10. The van der Waals surface area contributed by atoms with E-state index in [-0.39, 0.29) is 18.7 Å². The number of amides is 1. The van der Waals surface area contributed by atoms with Crippen molar-refractivity contribution in [2.24, 2.45) is 13.0 Å². The van der Waals surface area contributed by atoms with Gasteiger partial charge in [0.2, 0.25) is 17.7 Å². The Balaban J connectivity index is 1.62. The van der Waals surface area contributed by atoms with Gasteiger partial charge in [-0.2, -0.15) is 4.80 Å². The molecule has 9 heteroatoms. The monoisotopic (exact) mass is 475 g/mol. The van der Waals surface area contributed by atoms with Crippen LogP contribution >= 0.6 is 15.9 Å². The number of carbonyl (C=O) groups excluding carboxylic acids is 1. The summed E-state index contributed by atoms with van der Waals surface area (Å²) in [6.07, 6.45) is -0.186. The van der Waals surface area contributed by atoms with Crippen LogP contribution in [0.5, 0.6) is 0 Å². The number of hydrogen-bond acceptors (Lipinski definition) is 4. The third-order valence-electron chi connectivity index (χ3n) is 5.32. The number of aromatic nitrogens is 4. The third-order valence-corrected chi connectivity index (χ3v) is 5.82. The van der Waals surface area contributed by atoms with Gasteiger partial charge in [0.05, 0.1) is 13.0 Å². The number of tetrazole rings is 1. The molecule has 2 atom stereocenters. The fraction of sp³-hybridized carbons (Fsp3) is 0.333. The minimum atomic E-state index is -2.73. The Morgan fingerprint density at radius 3 is 2.63 bits per heavy atom. The molecule has 156 valence electrons. The van der Waals surface area contributed by atoms with Crippen molar-refractivity contribution in [3.63, 3.8) is 0 Å². The zero-order chi connectivity index (χ0) is 21.3. The molecule has 1 fully saturated rings. The molecule has 30 heavy (non-hydrogen) atoms. The number of alkyl halides is 2. The summed E-state index contributed by atoms with van der Waals surface area (Å²) in [7, 11) is 1.67. The first-order chi connectivity index (χ1) is 14.3. The average Bonchev–Trinajstić information content (AvgIpc) is 3.28. The number of nitrogens with zero attached hydrogens (tertiary/aromatic N) is 4. The fourth-order valence-corrected chi connectivity index (χ4v) is 4.33. The summed E-state index contributed by atoms with van der Waals surface area (Å²) in [6, 6.07) is 14.4. The van der Waals surface area contributed by atoms with Crippen LogP contribution in [-0.4, -0.2) is 32.0 Å². The lowest BCUT2D eigenvalue weighted by Gasteiger charge is -2.23. The molecule has 2 aromatic carbocycles. The molecule has 0 saturated heterocycles. The molecule has 2 unspecified atom stereocenters. The molecule has 1 aliphatic carbocycles. The number of benzene rings is 2. The lowest BCUT2D eigenvalue weighted by molar-refractivity contribution is -0.118. The van der Waals surface area contributed by atoms with Gasteiger partial charge in [-0.1, -0.05) is 46.3 Å². The van der Waals surface area contributed by atoms with E-state index in [1.807, 2.05) is 6.07 Å². The number of anilines is 1. The first-order valence-corrected chi connectivity index (χ1v) is 10.4. The Kier molecular flexibility index (Phi) is 5.64. The van der Waals surface area contributed by atoms with Crippen LogP contribution in [0.25, 0.3) is 11.4 Å². The maximum atomic E-state index is 13.9. The summed E-state index contributed by atoms with van der Waals surface area (Å²) in [5.41, 5.74) is 2.05. The van der Waals surface area contributed by atoms with Gasteiger partial charge >= 0.3 is 0 Å². The molecular weight excluding hydrogens is 456 g/mol. The van der Waals surface area contributed by atoms with Gasteiger partial charge < -0.3 is 5.32 Å². The van der Waals surface area contributed by atoms with Crippen LogP contribution in [-0.2, 0) is 11.8 Å². The van der Waals surface area contributed by atoms with E-state index in [4.69, 9.17) is 0 Å². The molecule has 1 amide bonds. The molecule has 1 N–H and O–H groups in total. The SMILES string of the molecule is Cn1nnc(-c2ccc(C(C(=O)Nc3cccc(Br)c3)C3CCC(F)(F)C3)cc2)n1. The largest absolute Gasteiger partial charge is 0.326 e. The fourth-order valence-electron chi connectivity index (χ4n) is 3.93. The standard InChI is InChI=1S/C21H20BrF2N5O/c1-29-27-19(26-28-29)14-7-5-13(6-8-14)18(15-9-10-21(23,24)12-15)20(30)25-17-4-2-3-16(22)11-17/h2-8,11,15,18H,9-10,12H2,1H3,(H,25,30). The van der Waals surface area contributed by atoms with Gasteiger partial charge in [0.15, 0.2) is 0 Å². The summed E-state index contributed by atoms with van der Waals surface area (Å²) in [6.45, 7) is 0. The first-order valence-electron chi connectivity index (χ1n) is 9.59. The molecule has 0 aliphatic heterocycles. The second kappa shape index (κ2) is 8.22. The van der Waals surface area contributed by atoms with E-state index in [9.17, 15) is 13.6 Å². The smallest absolute Gasteiger partial charge is 0.248 e. The Labute approximate surface area is 180 Å². The second-order valence-corrected chi connectivity index (χ2v) is 8.48. The minimum Gasteiger partial charge on any atom is -0.326 e. The number of nitrogens with one attached hydrogen (secondary N) is 1. The Hall–Kier alpha value is -2.68. The van der Waals surface area contributed by atoms with E-state index in [0.29, 0.717) is 23.5 Å². The van der Waals surface area contributed by atoms with Gasteiger partial charge in [-0.15, -0.1) is 10.2 Å². The van der Waals surface area contributed by atoms with Crippen LogP contribution in [0.1, 0.15) is 30.7 Å². The van der Waals surface area contributed by atoms with Crippen molar-refractivity contribution in [2.75, 3.05) is 5.32 Å². The van der Waals surface area contributed by atoms with Gasteiger partial charge in [0.25, 0.3) is 0 Å².